The van der Waals surface area contributed by atoms with E-state index in [1.54, 1.807) is 0 Å². The second-order valence-electron chi connectivity index (χ2n) is 1.67. The Kier molecular flexibility index (Phi) is 3.64. The molecule has 0 aromatic carbocycles. The molecule has 2 nitrogen and oxygen atoms in total. The lowest BCUT2D eigenvalue weighted by atomic mass is 10.3. The fraction of sp³-hybridized carbons (Fsp3) is 0.286. The third-order valence-corrected chi connectivity index (χ3v) is 1.09. The summed E-state index contributed by atoms with van der Waals surface area (Å²) in [5.41, 5.74) is 1.16. The van der Waals surface area contributed by atoms with Crippen molar-refractivity contribution < 1.29 is 0 Å². The van der Waals surface area contributed by atoms with Crippen LogP contribution in [-0.2, 0) is 6.42 Å². The minimum Gasteiger partial charge on any atom is -0.344 e. The molecule has 0 aliphatic carbocycles. The summed E-state index contributed by atoms with van der Waals surface area (Å²) in [6, 6.07) is 5.96. The molecule has 2 heteroatoms. The van der Waals surface area contributed by atoms with Gasteiger partial charge in [0, 0.05) is 11.9 Å². The standard InChI is InChI=1S/C7H9N.H3N/c1-2-7-5-3-4-6-8-7;/h3-6H,2H2,1H3;1H3. The highest BCUT2D eigenvalue weighted by molar-refractivity contribution is 5.02. The Morgan fingerprint density at radius 2 is 2.22 bits per heavy atom. The molecule has 0 fully saturated rings. The van der Waals surface area contributed by atoms with Crippen LogP contribution in [0.25, 0.3) is 0 Å². The Bertz CT molecular complexity index is 148. The quantitative estimate of drug-likeness (QED) is 0.620. The van der Waals surface area contributed by atoms with E-state index in [2.05, 4.69) is 11.9 Å². The van der Waals surface area contributed by atoms with E-state index >= 15 is 0 Å². The second kappa shape index (κ2) is 4.04. The lowest BCUT2D eigenvalue weighted by molar-refractivity contribution is 1.04. The molecule has 1 aromatic rings. The SMILES string of the molecule is CCc1ccccn1.N. The predicted molar refractivity (Wildman–Crippen MR) is 38.6 cm³/mol. The summed E-state index contributed by atoms with van der Waals surface area (Å²) < 4.78 is 0. The van der Waals surface area contributed by atoms with Crippen molar-refractivity contribution in [2.24, 2.45) is 0 Å². The topological polar surface area (TPSA) is 47.9 Å². The Labute approximate surface area is 55.5 Å². The summed E-state index contributed by atoms with van der Waals surface area (Å²) in [5, 5.41) is 0. The number of nitrogens with zero attached hydrogens (tertiary/aromatic N) is 1. The van der Waals surface area contributed by atoms with Gasteiger partial charge in [-0.05, 0) is 18.6 Å². The van der Waals surface area contributed by atoms with Crippen LogP contribution in [0.4, 0.5) is 0 Å². The molecule has 50 valence electrons. The summed E-state index contributed by atoms with van der Waals surface area (Å²) >= 11 is 0. The molecule has 0 radical (unpaired) electrons. The smallest absolute Gasteiger partial charge is 0.0400 e. The van der Waals surface area contributed by atoms with E-state index < -0.39 is 0 Å². The number of aromatic nitrogens is 1. The van der Waals surface area contributed by atoms with Crippen molar-refractivity contribution in [3.63, 3.8) is 0 Å². The van der Waals surface area contributed by atoms with E-state index in [1.807, 2.05) is 24.4 Å². The highest BCUT2D eigenvalue weighted by Crippen LogP contribution is 1.91. The normalized spacial score (nSPS) is 8.11. The van der Waals surface area contributed by atoms with Crippen molar-refractivity contribution in [3.05, 3.63) is 30.1 Å². The van der Waals surface area contributed by atoms with Gasteiger partial charge < -0.3 is 6.15 Å². The largest absolute Gasteiger partial charge is 0.344 e. The van der Waals surface area contributed by atoms with E-state index in [4.69, 9.17) is 0 Å². The van der Waals surface area contributed by atoms with Gasteiger partial charge in [0.2, 0.25) is 0 Å². The molecule has 3 N–H and O–H groups in total. The lowest BCUT2D eigenvalue weighted by Gasteiger charge is -1.88. The molecule has 9 heavy (non-hydrogen) atoms. The van der Waals surface area contributed by atoms with Crippen LogP contribution in [0.2, 0.25) is 0 Å². The third-order valence-electron chi connectivity index (χ3n) is 1.09. The van der Waals surface area contributed by atoms with E-state index in [0.717, 1.165) is 12.1 Å². The van der Waals surface area contributed by atoms with Crippen molar-refractivity contribution in [1.29, 1.82) is 0 Å². The highest BCUT2D eigenvalue weighted by atomic mass is 14.6. The maximum atomic E-state index is 4.10. The fourth-order valence-corrected chi connectivity index (χ4v) is 0.607. The van der Waals surface area contributed by atoms with Crippen molar-refractivity contribution in [2.45, 2.75) is 13.3 Å². The molecule has 0 unspecified atom stereocenters. The molecular weight excluding hydrogens is 112 g/mol. The number of hydrogen-bond acceptors (Lipinski definition) is 2. The molecule has 1 heterocycles. The van der Waals surface area contributed by atoms with Crippen molar-refractivity contribution in [3.8, 4) is 0 Å². The number of pyridine rings is 1. The second-order valence-corrected chi connectivity index (χ2v) is 1.67. The van der Waals surface area contributed by atoms with E-state index in [1.165, 1.54) is 0 Å². The van der Waals surface area contributed by atoms with Crippen molar-refractivity contribution >= 4 is 0 Å². The van der Waals surface area contributed by atoms with Crippen LogP contribution >= 0.6 is 0 Å². The number of aryl methyl sites for hydroxylation is 1. The number of rotatable bonds is 1. The molecule has 0 spiro atoms. The van der Waals surface area contributed by atoms with Gasteiger partial charge in [0.05, 0.1) is 0 Å². The molecular formula is C7H12N2. The zero-order chi connectivity index (χ0) is 5.82. The first-order valence-electron chi connectivity index (χ1n) is 2.83. The minimum atomic E-state index is 0. The Hall–Kier alpha value is -0.890. The zero-order valence-corrected chi connectivity index (χ0v) is 5.67. The van der Waals surface area contributed by atoms with Gasteiger partial charge in [0.1, 0.15) is 0 Å². The molecule has 0 saturated carbocycles. The van der Waals surface area contributed by atoms with Crippen LogP contribution in [-0.4, -0.2) is 4.98 Å². The van der Waals surface area contributed by atoms with Crippen LogP contribution in [0.15, 0.2) is 24.4 Å². The summed E-state index contributed by atoms with van der Waals surface area (Å²) in [6.07, 6.45) is 2.85. The Balaban J connectivity index is 0.000000640. The van der Waals surface area contributed by atoms with Crippen LogP contribution in [0.5, 0.6) is 0 Å². The van der Waals surface area contributed by atoms with Crippen molar-refractivity contribution in [1.82, 2.24) is 11.1 Å². The van der Waals surface area contributed by atoms with Crippen molar-refractivity contribution in [2.75, 3.05) is 0 Å². The summed E-state index contributed by atoms with van der Waals surface area (Å²) in [4.78, 5) is 4.10. The van der Waals surface area contributed by atoms with Gasteiger partial charge in [0.25, 0.3) is 0 Å². The number of hydrogen-bond donors (Lipinski definition) is 1. The molecule has 1 aromatic heterocycles. The van der Waals surface area contributed by atoms with Gasteiger partial charge in [-0.25, -0.2) is 0 Å². The van der Waals surface area contributed by atoms with E-state index in [-0.39, 0.29) is 6.15 Å². The van der Waals surface area contributed by atoms with Gasteiger partial charge in [-0.1, -0.05) is 13.0 Å². The third kappa shape index (κ3) is 2.24. The Morgan fingerprint density at radius 3 is 2.56 bits per heavy atom. The Morgan fingerprint density at radius 1 is 1.44 bits per heavy atom. The lowest BCUT2D eigenvalue weighted by Crippen LogP contribution is -1.81. The van der Waals surface area contributed by atoms with Crippen LogP contribution < -0.4 is 6.15 Å². The van der Waals surface area contributed by atoms with E-state index in [0.29, 0.717) is 0 Å². The minimum absolute atomic E-state index is 0. The summed E-state index contributed by atoms with van der Waals surface area (Å²) in [7, 11) is 0. The average Bonchev–Trinajstić information content (AvgIpc) is 1.90. The molecule has 0 aliphatic rings. The predicted octanol–water partition coefficient (Wildman–Crippen LogP) is 1.81. The first-order valence-corrected chi connectivity index (χ1v) is 2.83. The molecule has 1 rings (SSSR count). The summed E-state index contributed by atoms with van der Waals surface area (Å²) in [6.45, 7) is 2.10. The zero-order valence-electron chi connectivity index (χ0n) is 5.67. The average molecular weight is 124 g/mol. The van der Waals surface area contributed by atoms with Gasteiger partial charge in [-0.15, -0.1) is 0 Å². The molecule has 0 amide bonds. The monoisotopic (exact) mass is 124 g/mol. The van der Waals surface area contributed by atoms with Gasteiger partial charge in [-0.2, -0.15) is 0 Å². The van der Waals surface area contributed by atoms with Gasteiger partial charge in [0.15, 0.2) is 0 Å². The van der Waals surface area contributed by atoms with Crippen LogP contribution in [0.3, 0.4) is 0 Å². The molecule has 0 bridgehead atoms. The van der Waals surface area contributed by atoms with E-state index in [9.17, 15) is 0 Å². The maximum absolute atomic E-state index is 4.10. The molecule has 0 aliphatic heterocycles. The fourth-order valence-electron chi connectivity index (χ4n) is 0.607. The van der Waals surface area contributed by atoms with Gasteiger partial charge >= 0.3 is 0 Å². The summed E-state index contributed by atoms with van der Waals surface area (Å²) in [5.74, 6) is 0. The molecule has 0 saturated heterocycles. The van der Waals surface area contributed by atoms with Gasteiger partial charge in [-0.3, -0.25) is 4.98 Å². The van der Waals surface area contributed by atoms with Crippen LogP contribution in [0.1, 0.15) is 12.6 Å². The maximum Gasteiger partial charge on any atom is 0.0400 e. The van der Waals surface area contributed by atoms with Crippen LogP contribution in [0, 0.1) is 0 Å². The first kappa shape index (κ1) is 8.11. The first-order chi connectivity index (χ1) is 3.93. The molecule has 0 atom stereocenters. The highest BCUT2D eigenvalue weighted by Gasteiger charge is 1.81.